The van der Waals surface area contributed by atoms with E-state index in [2.05, 4.69) is 21.2 Å². The fourth-order valence-corrected chi connectivity index (χ4v) is 1.40. The zero-order chi connectivity index (χ0) is 11.4. The van der Waals surface area contributed by atoms with E-state index in [1.165, 1.54) is 0 Å². The van der Waals surface area contributed by atoms with Crippen molar-refractivity contribution in [2.24, 2.45) is 5.73 Å². The van der Waals surface area contributed by atoms with Crippen LogP contribution in [0.1, 0.15) is 12.5 Å². The van der Waals surface area contributed by atoms with Gasteiger partial charge in [0.15, 0.2) is 0 Å². The van der Waals surface area contributed by atoms with Crippen LogP contribution in [-0.4, -0.2) is 11.9 Å². The van der Waals surface area contributed by atoms with Crippen LogP contribution in [0.3, 0.4) is 0 Å². The van der Waals surface area contributed by atoms with E-state index in [9.17, 15) is 4.79 Å². The molecule has 0 aliphatic rings. The zero-order valence-electron chi connectivity index (χ0n) is 8.12. The second-order valence-electron chi connectivity index (χ2n) is 3.07. The van der Waals surface area contributed by atoms with Crippen LogP contribution >= 0.6 is 15.9 Å². The van der Waals surface area contributed by atoms with Crippen LogP contribution in [-0.2, 0) is 4.79 Å². The van der Waals surface area contributed by atoms with Gasteiger partial charge in [0.05, 0.1) is 11.3 Å². The van der Waals surface area contributed by atoms with Crippen molar-refractivity contribution in [1.82, 2.24) is 0 Å². The summed E-state index contributed by atoms with van der Waals surface area (Å²) in [7, 11) is 0. The Bertz CT molecular complexity index is 425. The number of halogens is 1. The van der Waals surface area contributed by atoms with Gasteiger partial charge in [0.25, 0.3) is 0 Å². The third-order valence-corrected chi connectivity index (χ3v) is 2.39. The maximum Gasteiger partial charge on any atom is 0.239 e. The minimum atomic E-state index is -0.502. The van der Waals surface area contributed by atoms with Gasteiger partial charge in [-0.25, -0.2) is 0 Å². The Kier molecular flexibility index (Phi) is 3.69. The highest BCUT2D eigenvalue weighted by molar-refractivity contribution is 9.10. The topological polar surface area (TPSA) is 78.9 Å². The van der Waals surface area contributed by atoms with Gasteiger partial charge in [-0.15, -0.1) is 0 Å². The second kappa shape index (κ2) is 4.80. The van der Waals surface area contributed by atoms with Gasteiger partial charge in [0.2, 0.25) is 5.91 Å². The molecule has 1 atom stereocenters. The number of hydrogen-bond acceptors (Lipinski definition) is 3. The number of nitriles is 1. The molecule has 0 aliphatic carbocycles. The summed E-state index contributed by atoms with van der Waals surface area (Å²) in [5, 5.41) is 11.7. The van der Waals surface area contributed by atoms with Crippen molar-refractivity contribution >= 4 is 27.5 Å². The van der Waals surface area contributed by atoms with E-state index in [0.29, 0.717) is 11.3 Å². The summed E-state index contributed by atoms with van der Waals surface area (Å²) in [6.45, 7) is 1.64. The molecule has 78 valence electrons. The first-order valence-corrected chi connectivity index (χ1v) is 5.09. The number of primary amides is 1. The van der Waals surface area contributed by atoms with Crippen molar-refractivity contribution in [2.75, 3.05) is 5.32 Å². The lowest BCUT2D eigenvalue weighted by Gasteiger charge is -2.12. The average molecular weight is 268 g/mol. The van der Waals surface area contributed by atoms with Crippen molar-refractivity contribution in [2.45, 2.75) is 13.0 Å². The molecule has 0 radical (unpaired) electrons. The number of benzene rings is 1. The van der Waals surface area contributed by atoms with Gasteiger partial charge >= 0.3 is 0 Å². The number of nitrogens with zero attached hydrogens (tertiary/aromatic N) is 1. The number of hydrogen-bond donors (Lipinski definition) is 2. The Balaban J connectivity index is 2.96. The molecule has 0 saturated heterocycles. The first-order chi connectivity index (χ1) is 7.04. The Hall–Kier alpha value is -1.54. The average Bonchev–Trinajstić information content (AvgIpc) is 2.20. The number of rotatable bonds is 3. The van der Waals surface area contributed by atoms with Crippen LogP contribution in [0.4, 0.5) is 5.69 Å². The highest BCUT2D eigenvalue weighted by Crippen LogP contribution is 2.20. The molecule has 1 amide bonds. The number of carbonyl (C=O) groups excluding carboxylic acids is 1. The number of nitrogens with one attached hydrogen (secondary N) is 1. The molecule has 0 fully saturated rings. The normalized spacial score (nSPS) is 11.5. The number of anilines is 1. The summed E-state index contributed by atoms with van der Waals surface area (Å²) in [5.74, 6) is -0.457. The molecule has 15 heavy (non-hydrogen) atoms. The first kappa shape index (κ1) is 11.5. The summed E-state index contributed by atoms with van der Waals surface area (Å²) in [5.41, 5.74) is 6.19. The smallest absolute Gasteiger partial charge is 0.239 e. The first-order valence-electron chi connectivity index (χ1n) is 4.30. The SMILES string of the molecule is CC(Nc1ccc(Br)cc1C#N)C(N)=O. The largest absolute Gasteiger partial charge is 0.373 e. The molecule has 5 heteroatoms. The quantitative estimate of drug-likeness (QED) is 0.873. The van der Waals surface area contributed by atoms with Gasteiger partial charge in [-0.1, -0.05) is 15.9 Å². The van der Waals surface area contributed by atoms with E-state index in [1.807, 2.05) is 6.07 Å². The van der Waals surface area contributed by atoms with Crippen molar-refractivity contribution in [1.29, 1.82) is 5.26 Å². The van der Waals surface area contributed by atoms with E-state index in [4.69, 9.17) is 11.0 Å². The molecular formula is C10H10BrN3O. The van der Waals surface area contributed by atoms with Crippen LogP contribution in [0.5, 0.6) is 0 Å². The van der Waals surface area contributed by atoms with E-state index in [0.717, 1.165) is 4.47 Å². The molecule has 1 aromatic rings. The summed E-state index contributed by atoms with van der Waals surface area (Å²) >= 11 is 3.26. The van der Waals surface area contributed by atoms with Crippen molar-refractivity contribution in [3.05, 3.63) is 28.2 Å². The molecule has 1 rings (SSSR count). The fraction of sp³-hybridized carbons (Fsp3) is 0.200. The summed E-state index contributed by atoms with van der Waals surface area (Å²) in [6, 6.07) is 6.72. The summed E-state index contributed by atoms with van der Waals surface area (Å²) in [4.78, 5) is 10.8. The monoisotopic (exact) mass is 267 g/mol. The van der Waals surface area contributed by atoms with E-state index in [1.54, 1.807) is 25.1 Å². The van der Waals surface area contributed by atoms with Gasteiger partial charge < -0.3 is 11.1 Å². The maximum atomic E-state index is 10.8. The summed E-state index contributed by atoms with van der Waals surface area (Å²) in [6.07, 6.45) is 0. The second-order valence-corrected chi connectivity index (χ2v) is 3.99. The molecule has 1 unspecified atom stereocenters. The molecule has 0 aromatic heterocycles. The molecule has 3 N–H and O–H groups in total. The molecule has 1 aromatic carbocycles. The lowest BCUT2D eigenvalue weighted by molar-refractivity contribution is -0.118. The predicted octanol–water partition coefficient (Wildman–Crippen LogP) is 1.61. The summed E-state index contributed by atoms with van der Waals surface area (Å²) < 4.78 is 0.816. The molecular weight excluding hydrogens is 258 g/mol. The molecule has 0 spiro atoms. The lowest BCUT2D eigenvalue weighted by Crippen LogP contribution is -2.32. The third kappa shape index (κ3) is 2.96. The van der Waals surface area contributed by atoms with Crippen molar-refractivity contribution in [3.8, 4) is 6.07 Å². The van der Waals surface area contributed by atoms with E-state index < -0.39 is 11.9 Å². The zero-order valence-corrected chi connectivity index (χ0v) is 9.71. The van der Waals surface area contributed by atoms with Crippen LogP contribution in [0.2, 0.25) is 0 Å². The molecule has 0 aliphatic heterocycles. The van der Waals surface area contributed by atoms with Crippen molar-refractivity contribution < 1.29 is 4.79 Å². The minimum Gasteiger partial charge on any atom is -0.373 e. The number of nitrogens with two attached hydrogens (primary N) is 1. The lowest BCUT2D eigenvalue weighted by atomic mass is 10.2. The van der Waals surface area contributed by atoms with Gasteiger partial charge in [-0.2, -0.15) is 5.26 Å². The molecule has 0 heterocycles. The van der Waals surface area contributed by atoms with Crippen LogP contribution in [0, 0.1) is 11.3 Å². The van der Waals surface area contributed by atoms with Crippen LogP contribution in [0.15, 0.2) is 22.7 Å². The Labute approximate surface area is 96.2 Å². The Morgan fingerprint density at radius 1 is 1.67 bits per heavy atom. The molecule has 0 saturated carbocycles. The van der Waals surface area contributed by atoms with Crippen LogP contribution in [0.25, 0.3) is 0 Å². The van der Waals surface area contributed by atoms with Crippen molar-refractivity contribution in [3.63, 3.8) is 0 Å². The highest BCUT2D eigenvalue weighted by atomic mass is 79.9. The molecule has 0 bridgehead atoms. The third-order valence-electron chi connectivity index (χ3n) is 1.90. The Morgan fingerprint density at radius 3 is 2.87 bits per heavy atom. The van der Waals surface area contributed by atoms with Gasteiger partial charge in [0.1, 0.15) is 12.1 Å². The number of carbonyl (C=O) groups is 1. The minimum absolute atomic E-state index is 0.457. The van der Waals surface area contributed by atoms with Gasteiger partial charge in [0, 0.05) is 4.47 Å². The van der Waals surface area contributed by atoms with E-state index >= 15 is 0 Å². The van der Waals surface area contributed by atoms with Gasteiger partial charge in [-0.05, 0) is 25.1 Å². The van der Waals surface area contributed by atoms with E-state index in [-0.39, 0.29) is 0 Å². The standard InChI is InChI=1S/C10H10BrN3O/c1-6(10(13)15)14-9-3-2-8(11)4-7(9)5-12/h2-4,6,14H,1H3,(H2,13,15). The number of amides is 1. The fourth-order valence-electron chi connectivity index (χ4n) is 1.04. The highest BCUT2D eigenvalue weighted by Gasteiger charge is 2.10. The Morgan fingerprint density at radius 2 is 2.33 bits per heavy atom. The molecule has 4 nitrogen and oxygen atoms in total. The van der Waals surface area contributed by atoms with Gasteiger partial charge in [-0.3, -0.25) is 4.79 Å². The van der Waals surface area contributed by atoms with Crippen LogP contribution < -0.4 is 11.1 Å². The predicted molar refractivity (Wildman–Crippen MR) is 61.1 cm³/mol. The maximum absolute atomic E-state index is 10.8.